The summed E-state index contributed by atoms with van der Waals surface area (Å²) in [6.07, 6.45) is 0.135. The largest absolute Gasteiger partial charge is 0.463 e. The summed E-state index contributed by atoms with van der Waals surface area (Å²) in [5.74, 6) is 0. The van der Waals surface area contributed by atoms with E-state index in [4.69, 9.17) is 4.74 Å². The van der Waals surface area contributed by atoms with Gasteiger partial charge in [0.2, 0.25) is 0 Å². The Morgan fingerprint density at radius 1 is 1.18 bits per heavy atom. The number of nitrogens with one attached hydrogen (secondary N) is 1. The highest BCUT2D eigenvalue weighted by atomic mass is 16.5. The molecule has 0 amide bonds. The predicted molar refractivity (Wildman–Crippen MR) is 72.1 cm³/mol. The van der Waals surface area contributed by atoms with E-state index in [0.29, 0.717) is 18.6 Å². The van der Waals surface area contributed by atoms with Crippen molar-refractivity contribution in [2.75, 3.05) is 0 Å². The Kier molecular flexibility index (Phi) is 5.53. The van der Waals surface area contributed by atoms with Crippen molar-refractivity contribution in [2.45, 2.75) is 46.4 Å². The molecule has 94 valence electrons. The topological polar surface area (TPSA) is 33.6 Å². The summed E-state index contributed by atoms with van der Waals surface area (Å²) >= 11 is 0. The highest BCUT2D eigenvalue weighted by molar-refractivity contribution is 5.74. The van der Waals surface area contributed by atoms with Gasteiger partial charge in [-0.25, -0.2) is 4.99 Å². The van der Waals surface area contributed by atoms with Crippen LogP contribution in [0, 0.1) is 0 Å². The molecule has 0 aliphatic heterocycles. The fourth-order valence-electron chi connectivity index (χ4n) is 1.33. The Bertz CT molecular complexity index is 332. The summed E-state index contributed by atoms with van der Waals surface area (Å²) in [4.78, 5) is 4.46. The second-order valence-corrected chi connectivity index (χ2v) is 4.57. The molecule has 17 heavy (non-hydrogen) atoms. The molecule has 0 radical (unpaired) electrons. The van der Waals surface area contributed by atoms with Crippen molar-refractivity contribution in [2.24, 2.45) is 4.99 Å². The van der Waals surface area contributed by atoms with Crippen LogP contribution in [-0.4, -0.2) is 18.2 Å². The Labute approximate surface area is 104 Å². The molecule has 1 rings (SSSR count). The molecule has 0 unspecified atom stereocenters. The van der Waals surface area contributed by atoms with Crippen molar-refractivity contribution >= 4 is 6.02 Å². The first kappa shape index (κ1) is 13.6. The molecule has 1 aromatic rings. The van der Waals surface area contributed by atoms with Gasteiger partial charge in [-0.1, -0.05) is 30.3 Å². The zero-order valence-corrected chi connectivity index (χ0v) is 11.1. The van der Waals surface area contributed by atoms with E-state index in [1.807, 2.05) is 32.0 Å². The van der Waals surface area contributed by atoms with E-state index in [9.17, 15) is 0 Å². The van der Waals surface area contributed by atoms with Crippen molar-refractivity contribution in [1.29, 1.82) is 0 Å². The van der Waals surface area contributed by atoms with Gasteiger partial charge in [0.15, 0.2) is 0 Å². The van der Waals surface area contributed by atoms with Crippen LogP contribution in [0.5, 0.6) is 0 Å². The molecule has 0 saturated heterocycles. The fraction of sp³-hybridized carbons (Fsp3) is 0.500. The molecule has 0 saturated carbocycles. The number of hydrogen-bond donors (Lipinski definition) is 1. The van der Waals surface area contributed by atoms with E-state index in [-0.39, 0.29) is 6.10 Å². The van der Waals surface area contributed by atoms with Crippen molar-refractivity contribution in [3.8, 4) is 0 Å². The van der Waals surface area contributed by atoms with Crippen LogP contribution in [0.4, 0.5) is 0 Å². The molecule has 3 nitrogen and oxygen atoms in total. The quantitative estimate of drug-likeness (QED) is 0.642. The SMILES string of the molecule is CC(C)NC(=NCc1ccccc1)OC(C)C. The van der Waals surface area contributed by atoms with Gasteiger partial charge < -0.3 is 10.1 Å². The Morgan fingerprint density at radius 2 is 1.82 bits per heavy atom. The van der Waals surface area contributed by atoms with Crippen molar-refractivity contribution in [3.63, 3.8) is 0 Å². The summed E-state index contributed by atoms with van der Waals surface area (Å²) in [5.41, 5.74) is 1.18. The van der Waals surface area contributed by atoms with E-state index >= 15 is 0 Å². The first-order valence-electron chi connectivity index (χ1n) is 6.09. The molecule has 3 heteroatoms. The maximum Gasteiger partial charge on any atom is 0.285 e. The van der Waals surface area contributed by atoms with Gasteiger partial charge in [0.25, 0.3) is 6.02 Å². The van der Waals surface area contributed by atoms with Gasteiger partial charge in [0, 0.05) is 6.04 Å². The lowest BCUT2D eigenvalue weighted by Gasteiger charge is -2.16. The Hall–Kier alpha value is -1.51. The average Bonchev–Trinajstić information content (AvgIpc) is 2.26. The molecule has 0 aliphatic carbocycles. The Morgan fingerprint density at radius 3 is 2.35 bits per heavy atom. The summed E-state index contributed by atoms with van der Waals surface area (Å²) in [7, 11) is 0. The highest BCUT2D eigenvalue weighted by Crippen LogP contribution is 2.01. The molecule has 0 atom stereocenters. The van der Waals surface area contributed by atoms with Crippen LogP contribution < -0.4 is 5.32 Å². The second-order valence-electron chi connectivity index (χ2n) is 4.57. The number of amidine groups is 1. The number of rotatable bonds is 4. The Balaban J connectivity index is 2.62. The first-order chi connectivity index (χ1) is 8.08. The van der Waals surface area contributed by atoms with Crippen molar-refractivity contribution in [3.05, 3.63) is 35.9 Å². The van der Waals surface area contributed by atoms with Crippen LogP contribution in [0.15, 0.2) is 35.3 Å². The van der Waals surface area contributed by atoms with Gasteiger partial charge in [-0.15, -0.1) is 0 Å². The number of hydrogen-bond acceptors (Lipinski definition) is 2. The van der Waals surface area contributed by atoms with Crippen LogP contribution in [0.2, 0.25) is 0 Å². The van der Waals surface area contributed by atoms with Gasteiger partial charge in [0.1, 0.15) is 0 Å². The van der Waals surface area contributed by atoms with Gasteiger partial charge in [-0.2, -0.15) is 0 Å². The van der Waals surface area contributed by atoms with Crippen molar-refractivity contribution < 1.29 is 4.74 Å². The third kappa shape index (κ3) is 5.95. The number of ether oxygens (including phenoxy) is 1. The molecule has 0 fully saturated rings. The minimum Gasteiger partial charge on any atom is -0.463 e. The molecule has 0 bridgehead atoms. The van der Waals surface area contributed by atoms with Gasteiger partial charge >= 0.3 is 0 Å². The molecule has 1 N–H and O–H groups in total. The first-order valence-corrected chi connectivity index (χ1v) is 6.09. The molecule has 0 aromatic heterocycles. The molecular formula is C14H22N2O. The highest BCUT2D eigenvalue weighted by Gasteiger charge is 2.04. The average molecular weight is 234 g/mol. The maximum atomic E-state index is 5.62. The van der Waals surface area contributed by atoms with E-state index in [0.717, 1.165) is 0 Å². The van der Waals surface area contributed by atoms with Gasteiger partial charge in [0.05, 0.1) is 12.6 Å². The van der Waals surface area contributed by atoms with Crippen LogP contribution in [-0.2, 0) is 11.3 Å². The molecular weight excluding hydrogens is 212 g/mol. The smallest absolute Gasteiger partial charge is 0.285 e. The third-order valence-corrected chi connectivity index (χ3v) is 2.01. The van der Waals surface area contributed by atoms with Crippen LogP contribution in [0.3, 0.4) is 0 Å². The van der Waals surface area contributed by atoms with E-state index in [2.05, 4.69) is 36.3 Å². The lowest BCUT2D eigenvalue weighted by Crippen LogP contribution is -2.34. The molecule has 1 aromatic carbocycles. The lowest BCUT2D eigenvalue weighted by atomic mass is 10.2. The minimum atomic E-state index is 0.135. The van der Waals surface area contributed by atoms with E-state index in [1.54, 1.807) is 0 Å². The summed E-state index contributed by atoms with van der Waals surface area (Å²) in [6.45, 7) is 8.78. The van der Waals surface area contributed by atoms with Gasteiger partial charge in [-0.05, 0) is 33.3 Å². The zero-order valence-electron chi connectivity index (χ0n) is 11.1. The molecule has 0 aliphatic rings. The van der Waals surface area contributed by atoms with Crippen LogP contribution in [0.1, 0.15) is 33.3 Å². The predicted octanol–water partition coefficient (Wildman–Crippen LogP) is 2.97. The number of benzene rings is 1. The zero-order chi connectivity index (χ0) is 12.7. The van der Waals surface area contributed by atoms with Crippen LogP contribution in [0.25, 0.3) is 0 Å². The van der Waals surface area contributed by atoms with E-state index in [1.165, 1.54) is 5.56 Å². The minimum absolute atomic E-state index is 0.135. The second kappa shape index (κ2) is 6.94. The normalized spacial score (nSPS) is 12.0. The molecule has 0 heterocycles. The molecule has 0 spiro atoms. The van der Waals surface area contributed by atoms with Crippen LogP contribution >= 0.6 is 0 Å². The standard InChI is InChI=1S/C14H22N2O/c1-11(2)16-14(17-12(3)4)15-10-13-8-6-5-7-9-13/h5-9,11-12H,10H2,1-4H3,(H,15,16). The summed E-state index contributed by atoms with van der Waals surface area (Å²) in [6, 6.07) is 11.1. The van der Waals surface area contributed by atoms with Crippen molar-refractivity contribution in [1.82, 2.24) is 5.32 Å². The number of aliphatic imine (C=N–C) groups is 1. The summed E-state index contributed by atoms with van der Waals surface area (Å²) in [5, 5.41) is 3.21. The maximum absolute atomic E-state index is 5.62. The lowest BCUT2D eigenvalue weighted by molar-refractivity contribution is 0.213. The van der Waals surface area contributed by atoms with E-state index < -0.39 is 0 Å². The number of nitrogens with zero attached hydrogens (tertiary/aromatic N) is 1. The fourth-order valence-corrected chi connectivity index (χ4v) is 1.33. The third-order valence-electron chi connectivity index (χ3n) is 2.01. The van der Waals surface area contributed by atoms with Gasteiger partial charge in [-0.3, -0.25) is 0 Å². The summed E-state index contributed by atoms with van der Waals surface area (Å²) < 4.78 is 5.62. The monoisotopic (exact) mass is 234 g/mol.